The molecule has 0 unspecified atom stereocenters. The number of furan rings is 1. The molecule has 0 aliphatic carbocycles. The number of hydrogen-bond donors (Lipinski definition) is 2. The highest BCUT2D eigenvalue weighted by atomic mass is 32.1. The van der Waals surface area contributed by atoms with Crippen LogP contribution in [0.5, 0.6) is 0 Å². The number of anilines is 2. The number of nitrogens with one attached hydrogen (secondary N) is 2. The van der Waals surface area contributed by atoms with Gasteiger partial charge in [-0.2, -0.15) is 0 Å². The summed E-state index contributed by atoms with van der Waals surface area (Å²) >= 11 is 1.22. The van der Waals surface area contributed by atoms with E-state index in [1.807, 2.05) is 45.0 Å². The number of rotatable bonds is 6. The van der Waals surface area contributed by atoms with E-state index in [0.717, 1.165) is 11.1 Å². The third kappa shape index (κ3) is 4.83. The number of aryl methyl sites for hydroxylation is 1. The van der Waals surface area contributed by atoms with Gasteiger partial charge in [-0.05, 0) is 25.0 Å². The van der Waals surface area contributed by atoms with Gasteiger partial charge in [0.1, 0.15) is 10.7 Å². The fourth-order valence-electron chi connectivity index (χ4n) is 2.48. The van der Waals surface area contributed by atoms with Crippen LogP contribution in [0.25, 0.3) is 11.3 Å². The smallest absolute Gasteiger partial charge is 0.292 e. The highest BCUT2D eigenvalue weighted by molar-refractivity contribution is 7.20. The lowest BCUT2D eigenvalue weighted by Gasteiger charge is -2.04. The second-order valence-corrected chi connectivity index (χ2v) is 7.64. The molecule has 6 nitrogen and oxygen atoms in total. The highest BCUT2D eigenvalue weighted by Crippen LogP contribution is 2.36. The molecule has 0 atom stereocenters. The zero-order valence-electron chi connectivity index (χ0n) is 15.4. The first-order chi connectivity index (χ1) is 12.9. The molecule has 2 heterocycles. The van der Waals surface area contributed by atoms with Crippen LogP contribution in [-0.4, -0.2) is 16.8 Å². The number of amides is 2. The van der Waals surface area contributed by atoms with Crippen molar-refractivity contribution in [3.63, 3.8) is 0 Å². The molecule has 2 amide bonds. The molecule has 1 aromatic carbocycles. The number of nitrogens with zero attached hydrogens (tertiary/aromatic N) is 1. The Kier molecular flexibility index (Phi) is 5.71. The molecule has 0 fully saturated rings. The van der Waals surface area contributed by atoms with E-state index in [1.54, 1.807) is 12.1 Å². The Bertz CT molecular complexity index is 928. The second kappa shape index (κ2) is 8.18. The summed E-state index contributed by atoms with van der Waals surface area (Å²) in [5.41, 5.74) is 2.59. The minimum absolute atomic E-state index is 0.0990. The van der Waals surface area contributed by atoms with Gasteiger partial charge in [-0.25, -0.2) is 4.98 Å². The molecule has 0 bridgehead atoms. The van der Waals surface area contributed by atoms with Crippen molar-refractivity contribution >= 4 is 33.3 Å². The SMILES string of the molecule is Cc1ccc(-c2nc(NC(=O)CC(C)C)sc2NC(=O)c2ccco2)cc1. The van der Waals surface area contributed by atoms with E-state index >= 15 is 0 Å². The zero-order valence-corrected chi connectivity index (χ0v) is 16.2. The van der Waals surface area contributed by atoms with E-state index in [4.69, 9.17) is 4.42 Å². The van der Waals surface area contributed by atoms with Gasteiger partial charge in [-0.15, -0.1) is 0 Å². The fourth-order valence-corrected chi connectivity index (χ4v) is 3.38. The van der Waals surface area contributed by atoms with Crippen LogP contribution in [0.2, 0.25) is 0 Å². The monoisotopic (exact) mass is 383 g/mol. The maximum Gasteiger partial charge on any atom is 0.292 e. The molecule has 0 spiro atoms. The van der Waals surface area contributed by atoms with Crippen LogP contribution in [0.15, 0.2) is 47.1 Å². The van der Waals surface area contributed by atoms with Gasteiger partial charge in [-0.3, -0.25) is 9.59 Å². The summed E-state index contributed by atoms with van der Waals surface area (Å²) < 4.78 is 5.15. The number of carbonyl (C=O) groups excluding carboxylic acids is 2. The average molecular weight is 383 g/mol. The van der Waals surface area contributed by atoms with Crippen LogP contribution >= 0.6 is 11.3 Å². The van der Waals surface area contributed by atoms with E-state index in [9.17, 15) is 9.59 Å². The van der Waals surface area contributed by atoms with Crippen molar-refractivity contribution in [1.82, 2.24) is 4.98 Å². The predicted molar refractivity (Wildman–Crippen MR) is 107 cm³/mol. The van der Waals surface area contributed by atoms with Crippen LogP contribution in [0.4, 0.5) is 10.1 Å². The number of benzene rings is 1. The van der Waals surface area contributed by atoms with E-state index in [1.165, 1.54) is 17.6 Å². The maximum absolute atomic E-state index is 12.4. The van der Waals surface area contributed by atoms with Crippen LogP contribution in [0.3, 0.4) is 0 Å². The normalized spacial score (nSPS) is 10.8. The van der Waals surface area contributed by atoms with Gasteiger partial charge in [0.25, 0.3) is 5.91 Å². The lowest BCUT2D eigenvalue weighted by molar-refractivity contribution is -0.116. The van der Waals surface area contributed by atoms with Crippen molar-refractivity contribution in [3.8, 4) is 11.3 Å². The summed E-state index contributed by atoms with van der Waals surface area (Å²) in [6.45, 7) is 5.96. The molecule has 0 aliphatic rings. The minimum atomic E-state index is -0.364. The molecule has 2 N–H and O–H groups in total. The topological polar surface area (TPSA) is 84.2 Å². The van der Waals surface area contributed by atoms with Crippen molar-refractivity contribution in [2.24, 2.45) is 5.92 Å². The summed E-state index contributed by atoms with van der Waals surface area (Å²) in [6, 6.07) is 11.1. The van der Waals surface area contributed by atoms with Crippen LogP contribution in [0, 0.1) is 12.8 Å². The van der Waals surface area contributed by atoms with Crippen molar-refractivity contribution < 1.29 is 14.0 Å². The van der Waals surface area contributed by atoms with Crippen molar-refractivity contribution in [3.05, 3.63) is 54.0 Å². The molecule has 0 saturated heterocycles. The summed E-state index contributed by atoms with van der Waals surface area (Å²) in [4.78, 5) is 29.0. The number of carbonyl (C=O) groups is 2. The fraction of sp³-hybridized carbons (Fsp3) is 0.250. The molecule has 3 aromatic rings. The van der Waals surface area contributed by atoms with E-state index in [-0.39, 0.29) is 23.5 Å². The minimum Gasteiger partial charge on any atom is -0.459 e. The molecule has 0 saturated carbocycles. The van der Waals surface area contributed by atoms with Gasteiger partial charge in [0.2, 0.25) is 5.91 Å². The Hall–Kier alpha value is -2.93. The van der Waals surface area contributed by atoms with Gasteiger partial charge in [-0.1, -0.05) is 55.0 Å². The largest absolute Gasteiger partial charge is 0.459 e. The predicted octanol–water partition coefficient (Wildman–Crippen LogP) is 4.95. The second-order valence-electron chi connectivity index (χ2n) is 6.64. The highest BCUT2D eigenvalue weighted by Gasteiger charge is 2.19. The zero-order chi connectivity index (χ0) is 19.4. The van der Waals surface area contributed by atoms with E-state index < -0.39 is 0 Å². The lowest BCUT2D eigenvalue weighted by Crippen LogP contribution is -2.13. The molecule has 7 heteroatoms. The molecule has 2 aromatic heterocycles. The van der Waals surface area contributed by atoms with Crippen molar-refractivity contribution in [2.75, 3.05) is 10.6 Å². The average Bonchev–Trinajstić information content (AvgIpc) is 3.25. The van der Waals surface area contributed by atoms with Gasteiger partial charge >= 0.3 is 0 Å². The third-order valence-electron chi connectivity index (χ3n) is 3.76. The standard InChI is InChI=1S/C20H21N3O3S/c1-12(2)11-16(24)21-20-22-17(14-8-6-13(3)7-9-14)19(27-20)23-18(25)15-5-4-10-26-15/h4-10,12H,11H2,1-3H3,(H,23,25)(H,21,22,24). The molecular formula is C20H21N3O3S. The van der Waals surface area contributed by atoms with Crippen LogP contribution in [-0.2, 0) is 4.79 Å². The Labute approximate surface area is 161 Å². The number of thiazole rings is 1. The van der Waals surface area contributed by atoms with Gasteiger partial charge < -0.3 is 15.1 Å². The lowest BCUT2D eigenvalue weighted by atomic mass is 10.1. The Morgan fingerprint density at radius 1 is 1.15 bits per heavy atom. The molecule has 140 valence electrons. The Morgan fingerprint density at radius 2 is 1.89 bits per heavy atom. The van der Waals surface area contributed by atoms with Gasteiger partial charge in [0, 0.05) is 12.0 Å². The van der Waals surface area contributed by atoms with Gasteiger partial charge in [0.05, 0.1) is 6.26 Å². The molecule has 0 radical (unpaired) electrons. The first kappa shape index (κ1) is 18.8. The quantitative estimate of drug-likeness (QED) is 0.631. The molecule has 27 heavy (non-hydrogen) atoms. The van der Waals surface area contributed by atoms with Crippen molar-refractivity contribution in [2.45, 2.75) is 27.2 Å². The Balaban J connectivity index is 1.90. The summed E-state index contributed by atoms with van der Waals surface area (Å²) in [5, 5.41) is 6.66. The van der Waals surface area contributed by atoms with Crippen LogP contribution in [0.1, 0.15) is 36.4 Å². The Morgan fingerprint density at radius 3 is 2.52 bits per heavy atom. The first-order valence-electron chi connectivity index (χ1n) is 8.65. The van der Waals surface area contributed by atoms with Crippen LogP contribution < -0.4 is 10.6 Å². The van der Waals surface area contributed by atoms with Gasteiger partial charge in [0.15, 0.2) is 10.9 Å². The number of aromatic nitrogens is 1. The molecular weight excluding hydrogens is 362 g/mol. The first-order valence-corrected chi connectivity index (χ1v) is 9.46. The summed E-state index contributed by atoms with van der Waals surface area (Å²) in [7, 11) is 0. The molecule has 3 rings (SSSR count). The summed E-state index contributed by atoms with van der Waals surface area (Å²) in [6.07, 6.45) is 1.85. The maximum atomic E-state index is 12.4. The van der Waals surface area contributed by atoms with E-state index in [0.29, 0.717) is 22.2 Å². The number of hydrogen-bond acceptors (Lipinski definition) is 5. The van der Waals surface area contributed by atoms with Crippen molar-refractivity contribution in [1.29, 1.82) is 0 Å². The molecule has 0 aliphatic heterocycles. The summed E-state index contributed by atoms with van der Waals surface area (Å²) in [5.74, 6) is -0.00140. The third-order valence-corrected chi connectivity index (χ3v) is 4.65. The van der Waals surface area contributed by atoms with E-state index in [2.05, 4.69) is 15.6 Å².